The van der Waals surface area contributed by atoms with Crippen LogP contribution < -0.4 is 0 Å². The second-order valence-electron chi connectivity index (χ2n) is 2.37. The molecule has 2 N–H and O–H groups in total. The molecule has 11 heavy (non-hydrogen) atoms. The summed E-state index contributed by atoms with van der Waals surface area (Å²) < 4.78 is 28.9. The predicted octanol–water partition coefficient (Wildman–Crippen LogP) is -0.854. The highest BCUT2D eigenvalue weighted by atomic mass is 32.2. The lowest BCUT2D eigenvalue weighted by molar-refractivity contribution is 0.256. The molecule has 0 aliphatic carbocycles. The van der Waals surface area contributed by atoms with E-state index in [4.69, 9.17) is 9.66 Å². The largest absolute Gasteiger partial charge is 0.396 e. The molecule has 0 aromatic heterocycles. The van der Waals surface area contributed by atoms with Crippen molar-refractivity contribution in [3.63, 3.8) is 0 Å². The zero-order valence-corrected chi connectivity index (χ0v) is 7.21. The SMILES string of the molecule is CN(CCCO)CS(=O)(=O)O. The van der Waals surface area contributed by atoms with Crippen molar-refractivity contribution in [1.29, 1.82) is 0 Å². The van der Waals surface area contributed by atoms with Gasteiger partial charge in [-0.2, -0.15) is 8.42 Å². The van der Waals surface area contributed by atoms with Crippen molar-refractivity contribution in [2.75, 3.05) is 26.1 Å². The Morgan fingerprint density at radius 1 is 1.45 bits per heavy atom. The first-order valence-corrected chi connectivity index (χ1v) is 4.81. The molecule has 0 atom stereocenters. The Hall–Kier alpha value is -0.170. The van der Waals surface area contributed by atoms with E-state index in [2.05, 4.69) is 0 Å². The molecule has 0 aromatic carbocycles. The topological polar surface area (TPSA) is 77.8 Å². The Kier molecular flexibility index (Phi) is 4.58. The maximum Gasteiger partial charge on any atom is 0.278 e. The molecule has 0 fully saturated rings. The maximum atomic E-state index is 10.3. The number of hydrogen-bond acceptors (Lipinski definition) is 4. The van der Waals surface area contributed by atoms with Crippen molar-refractivity contribution in [1.82, 2.24) is 4.90 Å². The predicted molar refractivity (Wildman–Crippen MR) is 40.7 cm³/mol. The highest BCUT2D eigenvalue weighted by molar-refractivity contribution is 7.85. The molecule has 0 aliphatic rings. The molecular weight excluding hydrogens is 170 g/mol. The van der Waals surface area contributed by atoms with Gasteiger partial charge in [0.15, 0.2) is 0 Å². The highest BCUT2D eigenvalue weighted by Crippen LogP contribution is 1.90. The van der Waals surface area contributed by atoms with Gasteiger partial charge in [0.05, 0.1) is 0 Å². The summed E-state index contributed by atoms with van der Waals surface area (Å²) in [5.74, 6) is -0.382. The van der Waals surface area contributed by atoms with Gasteiger partial charge in [0.1, 0.15) is 5.88 Å². The molecule has 0 radical (unpaired) electrons. The molecule has 0 amide bonds. The molecule has 0 saturated carbocycles. The zero-order valence-electron chi connectivity index (χ0n) is 6.39. The first kappa shape index (κ1) is 10.8. The van der Waals surface area contributed by atoms with E-state index >= 15 is 0 Å². The van der Waals surface area contributed by atoms with E-state index in [9.17, 15) is 8.42 Å². The van der Waals surface area contributed by atoms with E-state index in [1.54, 1.807) is 7.05 Å². The number of nitrogens with zero attached hydrogens (tertiary/aromatic N) is 1. The molecule has 68 valence electrons. The summed E-state index contributed by atoms with van der Waals surface area (Å²) in [6, 6.07) is 0. The monoisotopic (exact) mass is 183 g/mol. The lowest BCUT2D eigenvalue weighted by Gasteiger charge is -2.12. The summed E-state index contributed by atoms with van der Waals surface area (Å²) in [7, 11) is -2.35. The van der Waals surface area contributed by atoms with Crippen LogP contribution >= 0.6 is 0 Å². The summed E-state index contributed by atoms with van der Waals surface area (Å²) in [5, 5.41) is 8.37. The van der Waals surface area contributed by atoms with E-state index in [1.807, 2.05) is 0 Å². The van der Waals surface area contributed by atoms with Gasteiger partial charge in [-0.3, -0.25) is 9.45 Å². The number of hydrogen-bond donors (Lipinski definition) is 2. The molecule has 0 rings (SSSR count). The lowest BCUT2D eigenvalue weighted by Crippen LogP contribution is -2.27. The van der Waals surface area contributed by atoms with Gasteiger partial charge in [0.25, 0.3) is 10.1 Å². The van der Waals surface area contributed by atoms with E-state index in [1.165, 1.54) is 4.90 Å². The minimum Gasteiger partial charge on any atom is -0.396 e. The van der Waals surface area contributed by atoms with Crippen LogP contribution in [0.4, 0.5) is 0 Å². The van der Waals surface area contributed by atoms with Crippen molar-refractivity contribution >= 4 is 10.1 Å². The molecule has 0 unspecified atom stereocenters. The van der Waals surface area contributed by atoms with Crippen LogP contribution in [0.2, 0.25) is 0 Å². The van der Waals surface area contributed by atoms with Gasteiger partial charge in [0, 0.05) is 13.2 Å². The van der Waals surface area contributed by atoms with Gasteiger partial charge in [-0.05, 0) is 13.5 Å². The fourth-order valence-corrected chi connectivity index (χ4v) is 1.37. The Bertz CT molecular complexity index is 189. The Labute approximate surface area is 66.4 Å². The van der Waals surface area contributed by atoms with Crippen LogP contribution in [-0.2, 0) is 10.1 Å². The Morgan fingerprint density at radius 3 is 2.36 bits per heavy atom. The van der Waals surface area contributed by atoms with E-state index in [0.717, 1.165) is 0 Å². The number of aliphatic hydroxyl groups is 1. The lowest BCUT2D eigenvalue weighted by atomic mass is 10.4. The molecule has 0 aromatic rings. The third-order valence-electron chi connectivity index (χ3n) is 1.08. The quantitative estimate of drug-likeness (QED) is 0.543. The van der Waals surface area contributed by atoms with Crippen LogP contribution in [0.3, 0.4) is 0 Å². The van der Waals surface area contributed by atoms with Crippen molar-refractivity contribution in [2.45, 2.75) is 6.42 Å². The van der Waals surface area contributed by atoms with Crippen molar-refractivity contribution < 1.29 is 18.1 Å². The standard InChI is InChI=1S/C5H13NO4S/c1-6(3-2-4-7)5-11(8,9)10/h7H,2-5H2,1H3,(H,8,9,10). The Balaban J connectivity index is 3.61. The van der Waals surface area contributed by atoms with Crippen molar-refractivity contribution in [3.05, 3.63) is 0 Å². The zero-order chi connectivity index (χ0) is 8.91. The van der Waals surface area contributed by atoms with Crippen LogP contribution in [0, 0.1) is 0 Å². The van der Waals surface area contributed by atoms with Crippen LogP contribution in [0.25, 0.3) is 0 Å². The molecule has 5 nitrogen and oxygen atoms in total. The average molecular weight is 183 g/mol. The van der Waals surface area contributed by atoms with Crippen molar-refractivity contribution in [2.24, 2.45) is 0 Å². The minimum absolute atomic E-state index is 0.0236. The Morgan fingerprint density at radius 2 is 2.00 bits per heavy atom. The molecule has 6 heteroatoms. The van der Waals surface area contributed by atoms with Gasteiger partial charge in [-0.15, -0.1) is 0 Å². The fourth-order valence-electron chi connectivity index (χ4n) is 0.684. The normalized spacial score (nSPS) is 12.4. The van der Waals surface area contributed by atoms with Crippen LogP contribution in [0.1, 0.15) is 6.42 Å². The highest BCUT2D eigenvalue weighted by Gasteiger charge is 2.07. The third-order valence-corrected chi connectivity index (χ3v) is 1.85. The summed E-state index contributed by atoms with van der Waals surface area (Å²) in [6.07, 6.45) is 0.506. The molecule has 0 heterocycles. The first-order chi connectivity index (χ1) is 4.95. The molecule has 0 saturated heterocycles. The van der Waals surface area contributed by atoms with Crippen LogP contribution in [0.5, 0.6) is 0 Å². The number of rotatable bonds is 5. The minimum atomic E-state index is -3.91. The molecule has 0 aliphatic heterocycles. The first-order valence-electron chi connectivity index (χ1n) is 3.20. The summed E-state index contributed by atoms with van der Waals surface area (Å²) in [4.78, 5) is 1.42. The number of aliphatic hydroxyl groups excluding tert-OH is 1. The third kappa shape index (κ3) is 7.73. The van der Waals surface area contributed by atoms with Gasteiger partial charge >= 0.3 is 0 Å². The average Bonchev–Trinajstić information content (AvgIpc) is 1.79. The van der Waals surface area contributed by atoms with E-state index in [-0.39, 0.29) is 12.5 Å². The van der Waals surface area contributed by atoms with Gasteiger partial charge in [0.2, 0.25) is 0 Å². The van der Waals surface area contributed by atoms with Crippen LogP contribution in [0.15, 0.2) is 0 Å². The smallest absolute Gasteiger partial charge is 0.278 e. The van der Waals surface area contributed by atoms with Gasteiger partial charge in [-0.1, -0.05) is 0 Å². The van der Waals surface area contributed by atoms with Crippen molar-refractivity contribution in [3.8, 4) is 0 Å². The van der Waals surface area contributed by atoms with E-state index < -0.39 is 10.1 Å². The molecule has 0 bridgehead atoms. The van der Waals surface area contributed by atoms with Crippen LogP contribution in [-0.4, -0.2) is 49.1 Å². The van der Waals surface area contributed by atoms with Gasteiger partial charge < -0.3 is 5.11 Å². The summed E-state index contributed by atoms with van der Waals surface area (Å²) in [5.41, 5.74) is 0. The second kappa shape index (κ2) is 4.66. The summed E-state index contributed by atoms with van der Waals surface area (Å²) >= 11 is 0. The molecule has 0 spiro atoms. The van der Waals surface area contributed by atoms with Gasteiger partial charge in [-0.25, -0.2) is 0 Å². The fraction of sp³-hybridized carbons (Fsp3) is 1.00. The van der Waals surface area contributed by atoms with E-state index in [0.29, 0.717) is 13.0 Å². The maximum absolute atomic E-state index is 10.3. The second-order valence-corrected chi connectivity index (χ2v) is 3.79. The molecular formula is C5H13NO4S. The summed E-state index contributed by atoms with van der Waals surface area (Å²) in [6.45, 7) is 0.478.